The number of rotatable bonds is 5. The van der Waals surface area contributed by atoms with Gasteiger partial charge in [0.15, 0.2) is 0 Å². The molecule has 0 fully saturated rings. The van der Waals surface area contributed by atoms with Crippen LogP contribution in [0.15, 0.2) is 65.1 Å². The summed E-state index contributed by atoms with van der Waals surface area (Å²) in [5, 5.41) is 5.24. The molecule has 0 heterocycles. The molecule has 0 aliphatic rings. The number of hydrogen-bond acceptors (Lipinski definition) is 2. The van der Waals surface area contributed by atoms with Crippen molar-refractivity contribution in [3.05, 3.63) is 70.7 Å². The number of hydrogen-bond donors (Lipinski definition) is 2. The predicted octanol–water partition coefficient (Wildman–Crippen LogP) is 3.22. The van der Waals surface area contributed by atoms with E-state index >= 15 is 0 Å². The first-order valence-electron chi connectivity index (χ1n) is 6.70. The second kappa shape index (κ2) is 8.14. The first-order valence-corrected chi connectivity index (χ1v) is 7.49. The summed E-state index contributed by atoms with van der Waals surface area (Å²) in [6.07, 6.45) is 3.10. The maximum Gasteiger partial charge on any atom is 0.244 e. The minimum absolute atomic E-state index is 0.0754. The van der Waals surface area contributed by atoms with Crippen LogP contribution in [0.4, 0.5) is 5.69 Å². The van der Waals surface area contributed by atoms with Crippen molar-refractivity contribution < 1.29 is 9.59 Å². The molecule has 0 unspecified atom stereocenters. The molecule has 0 atom stereocenters. The minimum atomic E-state index is -0.310. The first-order chi connectivity index (χ1) is 10.6. The zero-order valence-electron chi connectivity index (χ0n) is 11.8. The molecule has 112 valence electrons. The quantitative estimate of drug-likeness (QED) is 0.806. The fourth-order valence-corrected chi connectivity index (χ4v) is 1.97. The van der Waals surface area contributed by atoms with Gasteiger partial charge in [0.2, 0.25) is 11.8 Å². The van der Waals surface area contributed by atoms with Crippen LogP contribution in [0, 0.1) is 0 Å². The van der Waals surface area contributed by atoms with Crippen molar-refractivity contribution in [2.24, 2.45) is 0 Å². The number of halogens is 1. The number of amides is 2. The molecule has 22 heavy (non-hydrogen) atoms. The van der Waals surface area contributed by atoms with Gasteiger partial charge in [-0.05, 0) is 35.9 Å². The third-order valence-electron chi connectivity index (χ3n) is 2.78. The Balaban J connectivity index is 1.77. The molecule has 0 radical (unpaired) electrons. The fourth-order valence-electron chi connectivity index (χ4n) is 1.70. The summed E-state index contributed by atoms with van der Waals surface area (Å²) >= 11 is 3.32. The Morgan fingerprint density at radius 2 is 1.68 bits per heavy atom. The van der Waals surface area contributed by atoms with Crippen molar-refractivity contribution in [3.63, 3.8) is 0 Å². The van der Waals surface area contributed by atoms with Crippen molar-refractivity contribution in [2.45, 2.75) is 0 Å². The van der Waals surface area contributed by atoms with E-state index < -0.39 is 0 Å². The van der Waals surface area contributed by atoms with Crippen LogP contribution in [0.1, 0.15) is 5.56 Å². The van der Waals surface area contributed by atoms with Gasteiger partial charge >= 0.3 is 0 Å². The molecular formula is C17H15BrN2O2. The van der Waals surface area contributed by atoms with Gasteiger partial charge in [0.25, 0.3) is 0 Å². The second-order valence-electron chi connectivity index (χ2n) is 4.52. The summed E-state index contributed by atoms with van der Waals surface area (Å²) in [4.78, 5) is 23.3. The van der Waals surface area contributed by atoms with E-state index in [2.05, 4.69) is 26.6 Å². The Hall–Kier alpha value is -2.40. The SMILES string of the molecule is O=C(C=Cc1ccccc1)NCC(=O)Nc1ccc(Br)cc1. The van der Waals surface area contributed by atoms with Crippen LogP contribution in [-0.2, 0) is 9.59 Å². The highest BCUT2D eigenvalue weighted by atomic mass is 79.9. The third kappa shape index (κ3) is 5.54. The fraction of sp³-hybridized carbons (Fsp3) is 0.0588. The molecule has 2 N–H and O–H groups in total. The average molecular weight is 359 g/mol. The monoisotopic (exact) mass is 358 g/mol. The molecular weight excluding hydrogens is 344 g/mol. The number of anilines is 1. The standard InChI is InChI=1S/C17H15BrN2O2/c18-14-7-9-15(10-8-14)20-17(22)12-19-16(21)11-6-13-4-2-1-3-5-13/h1-11H,12H2,(H,19,21)(H,20,22). The van der Waals surface area contributed by atoms with Crippen molar-refractivity contribution in [1.29, 1.82) is 0 Å². The van der Waals surface area contributed by atoms with Gasteiger partial charge < -0.3 is 10.6 Å². The molecule has 0 spiro atoms. The Kier molecular flexibility index (Phi) is 5.91. The van der Waals surface area contributed by atoms with Gasteiger partial charge in [0, 0.05) is 16.2 Å². The van der Waals surface area contributed by atoms with Gasteiger partial charge in [0.05, 0.1) is 6.54 Å². The first kappa shape index (κ1) is 16.0. The van der Waals surface area contributed by atoms with Crippen LogP contribution >= 0.6 is 15.9 Å². The largest absolute Gasteiger partial charge is 0.343 e. The van der Waals surface area contributed by atoms with Crippen molar-refractivity contribution in [3.8, 4) is 0 Å². The molecule has 4 nitrogen and oxygen atoms in total. The van der Waals surface area contributed by atoms with Gasteiger partial charge in [-0.1, -0.05) is 46.3 Å². The maximum absolute atomic E-state index is 11.7. The third-order valence-corrected chi connectivity index (χ3v) is 3.31. The molecule has 0 aliphatic carbocycles. The summed E-state index contributed by atoms with van der Waals surface area (Å²) in [7, 11) is 0. The van der Waals surface area contributed by atoms with Crippen molar-refractivity contribution >= 4 is 39.5 Å². The number of carbonyl (C=O) groups excluding carboxylic acids is 2. The predicted molar refractivity (Wildman–Crippen MR) is 91.3 cm³/mol. The van der Waals surface area contributed by atoms with E-state index in [9.17, 15) is 9.59 Å². The molecule has 2 amide bonds. The molecule has 2 rings (SSSR count). The lowest BCUT2D eigenvalue weighted by Gasteiger charge is -2.05. The topological polar surface area (TPSA) is 58.2 Å². The van der Waals surface area contributed by atoms with E-state index in [-0.39, 0.29) is 18.4 Å². The molecule has 0 bridgehead atoms. The molecule has 0 saturated carbocycles. The maximum atomic E-state index is 11.7. The van der Waals surface area contributed by atoms with Crippen molar-refractivity contribution in [1.82, 2.24) is 5.32 Å². The molecule has 2 aromatic carbocycles. The minimum Gasteiger partial charge on any atom is -0.343 e. The number of nitrogens with one attached hydrogen (secondary N) is 2. The highest BCUT2D eigenvalue weighted by Crippen LogP contribution is 2.13. The lowest BCUT2D eigenvalue weighted by molar-refractivity contribution is -0.121. The average Bonchev–Trinajstić information content (AvgIpc) is 2.54. The molecule has 2 aromatic rings. The van der Waals surface area contributed by atoms with Crippen LogP contribution in [0.3, 0.4) is 0 Å². The van der Waals surface area contributed by atoms with E-state index in [4.69, 9.17) is 0 Å². The Morgan fingerprint density at radius 1 is 1.00 bits per heavy atom. The Morgan fingerprint density at radius 3 is 2.36 bits per heavy atom. The van der Waals surface area contributed by atoms with Gasteiger partial charge in [-0.15, -0.1) is 0 Å². The smallest absolute Gasteiger partial charge is 0.244 e. The summed E-state index contributed by atoms with van der Waals surface area (Å²) < 4.78 is 0.935. The van der Waals surface area contributed by atoms with Crippen LogP contribution in [-0.4, -0.2) is 18.4 Å². The van der Waals surface area contributed by atoms with E-state index in [0.29, 0.717) is 5.69 Å². The van der Waals surface area contributed by atoms with Gasteiger partial charge in [-0.25, -0.2) is 0 Å². The molecule has 0 aromatic heterocycles. The Labute approximate surface area is 137 Å². The molecule has 0 aliphatic heterocycles. The van der Waals surface area contributed by atoms with Crippen LogP contribution in [0.5, 0.6) is 0 Å². The summed E-state index contributed by atoms with van der Waals surface area (Å²) in [5.41, 5.74) is 1.61. The highest BCUT2D eigenvalue weighted by Gasteiger charge is 2.03. The zero-order valence-corrected chi connectivity index (χ0v) is 13.3. The van der Waals surface area contributed by atoms with Gasteiger partial charge in [0.1, 0.15) is 0 Å². The van der Waals surface area contributed by atoms with E-state index in [0.717, 1.165) is 10.0 Å². The second-order valence-corrected chi connectivity index (χ2v) is 5.43. The molecule has 0 saturated heterocycles. The lowest BCUT2D eigenvalue weighted by Crippen LogP contribution is -2.31. The number of carbonyl (C=O) groups is 2. The van der Waals surface area contributed by atoms with Crippen LogP contribution < -0.4 is 10.6 Å². The molecule has 5 heteroatoms. The summed E-state index contributed by atoms with van der Waals surface area (Å²) in [5.74, 6) is -0.585. The van der Waals surface area contributed by atoms with E-state index in [1.54, 1.807) is 18.2 Å². The van der Waals surface area contributed by atoms with Crippen LogP contribution in [0.2, 0.25) is 0 Å². The lowest BCUT2D eigenvalue weighted by atomic mass is 10.2. The summed E-state index contributed by atoms with van der Waals surface area (Å²) in [6, 6.07) is 16.7. The van der Waals surface area contributed by atoms with Gasteiger partial charge in [-0.3, -0.25) is 9.59 Å². The van der Waals surface area contributed by atoms with Crippen LogP contribution in [0.25, 0.3) is 6.08 Å². The number of benzene rings is 2. The van der Waals surface area contributed by atoms with E-state index in [1.165, 1.54) is 6.08 Å². The van der Waals surface area contributed by atoms with Gasteiger partial charge in [-0.2, -0.15) is 0 Å². The Bertz CT molecular complexity index is 667. The van der Waals surface area contributed by atoms with Crippen molar-refractivity contribution in [2.75, 3.05) is 11.9 Å². The van der Waals surface area contributed by atoms with E-state index in [1.807, 2.05) is 42.5 Å². The normalized spacial score (nSPS) is 10.4. The zero-order chi connectivity index (χ0) is 15.8. The highest BCUT2D eigenvalue weighted by molar-refractivity contribution is 9.10. The summed E-state index contributed by atoms with van der Waals surface area (Å²) in [6.45, 7) is -0.0754.